The Morgan fingerprint density at radius 3 is 2.94 bits per heavy atom. The Kier molecular flexibility index (Phi) is 5.39. The van der Waals surface area contributed by atoms with Crippen molar-refractivity contribution in [2.24, 2.45) is 0 Å². The van der Waals surface area contributed by atoms with Gasteiger partial charge in [-0.15, -0.1) is 0 Å². The maximum absolute atomic E-state index is 12.9. The van der Waals surface area contributed by atoms with Gasteiger partial charge >= 0.3 is 0 Å². The molecule has 0 spiro atoms. The molecule has 0 bridgehead atoms. The second-order valence-corrected chi connectivity index (χ2v) is 3.58. The fourth-order valence-corrected chi connectivity index (χ4v) is 1.22. The third-order valence-corrected chi connectivity index (χ3v) is 2.11. The summed E-state index contributed by atoms with van der Waals surface area (Å²) in [6.45, 7) is 2.43. The topological polar surface area (TPSA) is 64.9 Å². The van der Waals surface area contributed by atoms with E-state index in [1.54, 1.807) is 12.1 Å². The van der Waals surface area contributed by atoms with Gasteiger partial charge in [-0.2, -0.15) is 5.26 Å². The first-order chi connectivity index (χ1) is 8.67. The van der Waals surface area contributed by atoms with Gasteiger partial charge in [-0.1, -0.05) is 13.0 Å². The Morgan fingerprint density at radius 1 is 1.56 bits per heavy atom. The van der Waals surface area contributed by atoms with Gasteiger partial charge in [-0.05, 0) is 24.6 Å². The Hall–Kier alpha value is -2.35. The first-order valence-electron chi connectivity index (χ1n) is 5.58. The van der Waals surface area contributed by atoms with Crippen molar-refractivity contribution in [2.45, 2.75) is 13.3 Å². The number of benzene rings is 1. The summed E-state index contributed by atoms with van der Waals surface area (Å²) in [6.07, 6.45) is 2.06. The normalized spacial score (nSPS) is 10.6. The summed E-state index contributed by atoms with van der Waals surface area (Å²) in [6, 6.07) is 7.55. The van der Waals surface area contributed by atoms with Crippen LogP contribution in [0.25, 0.3) is 0 Å². The lowest BCUT2D eigenvalue weighted by atomic mass is 10.2. The largest absolute Gasteiger partial charge is 0.360 e. The number of carbonyl (C=O) groups is 1. The monoisotopic (exact) mass is 247 g/mol. The first-order valence-corrected chi connectivity index (χ1v) is 5.58. The van der Waals surface area contributed by atoms with Gasteiger partial charge in [-0.3, -0.25) is 4.79 Å². The summed E-state index contributed by atoms with van der Waals surface area (Å²) in [5, 5.41) is 14.1. The lowest BCUT2D eigenvalue weighted by molar-refractivity contribution is -0.117. The number of hydrogen-bond donors (Lipinski definition) is 2. The summed E-state index contributed by atoms with van der Waals surface area (Å²) in [5.41, 5.74) is 0.429. The summed E-state index contributed by atoms with van der Waals surface area (Å²) in [7, 11) is 0. The smallest absolute Gasteiger partial charge is 0.263 e. The van der Waals surface area contributed by atoms with E-state index in [0.717, 1.165) is 6.42 Å². The van der Waals surface area contributed by atoms with Crippen molar-refractivity contribution in [1.82, 2.24) is 5.32 Å². The van der Waals surface area contributed by atoms with Crippen LogP contribution in [0.1, 0.15) is 13.3 Å². The van der Waals surface area contributed by atoms with Gasteiger partial charge in [0.25, 0.3) is 5.91 Å². The quantitative estimate of drug-likeness (QED) is 0.619. The lowest BCUT2D eigenvalue weighted by Gasteiger charge is -2.03. The second-order valence-electron chi connectivity index (χ2n) is 3.58. The van der Waals surface area contributed by atoms with E-state index in [4.69, 9.17) is 5.26 Å². The number of nitrogens with one attached hydrogen (secondary N) is 2. The van der Waals surface area contributed by atoms with Crippen molar-refractivity contribution in [3.8, 4) is 6.07 Å². The predicted octanol–water partition coefficient (Wildman–Crippen LogP) is 2.17. The molecule has 94 valence electrons. The molecule has 2 N–H and O–H groups in total. The number of nitrogens with zero attached hydrogens (tertiary/aromatic N) is 1. The molecule has 0 fully saturated rings. The minimum atomic E-state index is -0.441. The fourth-order valence-electron chi connectivity index (χ4n) is 1.22. The molecule has 0 unspecified atom stereocenters. The van der Waals surface area contributed by atoms with Crippen molar-refractivity contribution < 1.29 is 9.18 Å². The van der Waals surface area contributed by atoms with E-state index >= 15 is 0 Å². The summed E-state index contributed by atoms with van der Waals surface area (Å²) >= 11 is 0. The standard InChI is InChI=1S/C13H14FN3O/c1-2-6-16-13(18)10(8-15)9-17-12-5-3-4-11(14)7-12/h3-5,7,9,17H,2,6H2,1H3,(H,16,18)/b10-9-. The van der Waals surface area contributed by atoms with E-state index in [2.05, 4.69) is 10.6 Å². The molecule has 1 amide bonds. The maximum Gasteiger partial charge on any atom is 0.263 e. The third kappa shape index (κ3) is 4.26. The molecule has 1 rings (SSSR count). The highest BCUT2D eigenvalue weighted by Gasteiger charge is 2.07. The van der Waals surface area contributed by atoms with Crippen LogP contribution in [-0.4, -0.2) is 12.5 Å². The van der Waals surface area contributed by atoms with E-state index in [-0.39, 0.29) is 11.4 Å². The molecule has 0 aliphatic rings. The molecule has 18 heavy (non-hydrogen) atoms. The Labute approximate surface area is 105 Å². The average molecular weight is 247 g/mol. The molecule has 4 nitrogen and oxygen atoms in total. The Balaban J connectivity index is 2.69. The van der Waals surface area contributed by atoms with Gasteiger partial charge in [0, 0.05) is 18.4 Å². The van der Waals surface area contributed by atoms with Crippen LogP contribution in [0.15, 0.2) is 36.0 Å². The highest BCUT2D eigenvalue weighted by atomic mass is 19.1. The summed E-state index contributed by atoms with van der Waals surface area (Å²) in [5.74, 6) is -0.828. The van der Waals surface area contributed by atoms with Crippen molar-refractivity contribution in [1.29, 1.82) is 5.26 Å². The zero-order valence-corrected chi connectivity index (χ0v) is 10.0. The number of carbonyl (C=O) groups excluding carboxylic acids is 1. The van der Waals surface area contributed by atoms with E-state index in [1.807, 2.05) is 6.92 Å². The van der Waals surface area contributed by atoms with Gasteiger partial charge in [0.2, 0.25) is 0 Å². The van der Waals surface area contributed by atoms with Crippen LogP contribution in [0.3, 0.4) is 0 Å². The number of nitriles is 1. The maximum atomic E-state index is 12.9. The zero-order valence-electron chi connectivity index (χ0n) is 10.0. The second kappa shape index (κ2) is 7.07. The van der Waals surface area contributed by atoms with Crippen LogP contribution in [0, 0.1) is 17.1 Å². The molecule has 0 aliphatic carbocycles. The molecule has 0 aliphatic heterocycles. The number of halogens is 1. The molecule has 0 atom stereocenters. The number of rotatable bonds is 5. The van der Waals surface area contributed by atoms with E-state index in [1.165, 1.54) is 24.4 Å². The van der Waals surface area contributed by atoms with Gasteiger partial charge in [0.05, 0.1) is 0 Å². The minimum Gasteiger partial charge on any atom is -0.360 e. The van der Waals surface area contributed by atoms with Gasteiger partial charge in [-0.25, -0.2) is 4.39 Å². The summed E-state index contributed by atoms with van der Waals surface area (Å²) in [4.78, 5) is 11.5. The third-order valence-electron chi connectivity index (χ3n) is 2.11. The summed E-state index contributed by atoms with van der Waals surface area (Å²) < 4.78 is 12.9. The van der Waals surface area contributed by atoms with Crippen LogP contribution in [0.5, 0.6) is 0 Å². The Morgan fingerprint density at radius 2 is 2.33 bits per heavy atom. The van der Waals surface area contributed by atoms with Crippen LogP contribution in [0.4, 0.5) is 10.1 Å². The van der Waals surface area contributed by atoms with Crippen molar-refractivity contribution in [2.75, 3.05) is 11.9 Å². The van der Waals surface area contributed by atoms with Gasteiger partial charge in [0.15, 0.2) is 0 Å². The first kappa shape index (κ1) is 13.7. The van der Waals surface area contributed by atoms with E-state index < -0.39 is 5.91 Å². The molecular weight excluding hydrogens is 233 g/mol. The number of hydrogen-bond acceptors (Lipinski definition) is 3. The van der Waals surface area contributed by atoms with Gasteiger partial charge in [0.1, 0.15) is 17.5 Å². The molecule has 0 aromatic heterocycles. The van der Waals surface area contributed by atoms with Crippen LogP contribution in [-0.2, 0) is 4.79 Å². The fraction of sp³-hybridized carbons (Fsp3) is 0.231. The highest BCUT2D eigenvalue weighted by molar-refractivity contribution is 5.97. The lowest BCUT2D eigenvalue weighted by Crippen LogP contribution is -2.25. The van der Waals surface area contributed by atoms with Crippen molar-refractivity contribution in [3.63, 3.8) is 0 Å². The predicted molar refractivity (Wildman–Crippen MR) is 67.0 cm³/mol. The molecule has 5 heteroatoms. The minimum absolute atomic E-state index is 0.0484. The molecule has 1 aromatic carbocycles. The van der Waals surface area contributed by atoms with Crippen LogP contribution in [0.2, 0.25) is 0 Å². The highest BCUT2D eigenvalue weighted by Crippen LogP contribution is 2.09. The molecule has 1 aromatic rings. The average Bonchev–Trinajstić information content (AvgIpc) is 2.37. The molecule has 0 radical (unpaired) electrons. The van der Waals surface area contributed by atoms with Crippen molar-refractivity contribution in [3.05, 3.63) is 41.9 Å². The van der Waals surface area contributed by atoms with Crippen LogP contribution < -0.4 is 10.6 Å². The Bertz CT molecular complexity index is 491. The number of amides is 1. The molecule has 0 saturated heterocycles. The van der Waals surface area contributed by atoms with E-state index in [9.17, 15) is 9.18 Å². The SMILES string of the molecule is CCCNC(=O)/C(C#N)=C\Nc1cccc(F)c1. The van der Waals surface area contributed by atoms with Crippen molar-refractivity contribution >= 4 is 11.6 Å². The molecule has 0 heterocycles. The van der Waals surface area contributed by atoms with Crippen LogP contribution >= 0.6 is 0 Å². The van der Waals surface area contributed by atoms with Gasteiger partial charge < -0.3 is 10.6 Å². The molecule has 0 saturated carbocycles. The number of anilines is 1. The molecular formula is C13H14FN3O. The zero-order chi connectivity index (χ0) is 13.4. The van der Waals surface area contributed by atoms with E-state index in [0.29, 0.717) is 12.2 Å².